The monoisotopic (exact) mass is 439 g/mol. The maximum atomic E-state index is 4.92. The number of benzene rings is 3. The van der Waals surface area contributed by atoms with Crippen LogP contribution < -0.4 is 0 Å². The predicted molar refractivity (Wildman–Crippen MR) is 135 cm³/mol. The highest BCUT2D eigenvalue weighted by Gasteiger charge is 2.13. The fourth-order valence-corrected chi connectivity index (χ4v) is 4.15. The molecule has 5 nitrogen and oxygen atoms in total. The van der Waals surface area contributed by atoms with E-state index in [-0.39, 0.29) is 0 Å². The zero-order valence-corrected chi connectivity index (χ0v) is 18.6. The maximum Gasteiger partial charge on any atom is 0.160 e. The molecule has 3 heterocycles. The van der Waals surface area contributed by atoms with Crippen molar-refractivity contribution in [2.45, 2.75) is 6.92 Å². The number of aryl methyl sites for hydroxylation is 1. The zero-order valence-electron chi connectivity index (χ0n) is 18.6. The largest absolute Gasteiger partial charge is 0.287 e. The number of hydrogen-bond acceptors (Lipinski definition) is 4. The molecule has 0 bridgehead atoms. The van der Waals surface area contributed by atoms with Gasteiger partial charge >= 0.3 is 0 Å². The van der Waals surface area contributed by atoms with Crippen molar-refractivity contribution in [3.05, 3.63) is 115 Å². The summed E-state index contributed by atoms with van der Waals surface area (Å²) in [7, 11) is 0. The van der Waals surface area contributed by atoms with Gasteiger partial charge in [-0.3, -0.25) is 4.40 Å². The molecule has 0 radical (unpaired) electrons. The Kier molecular flexibility index (Phi) is 4.92. The Bertz CT molecular complexity index is 1530. The standard InChI is InChI=1S/C29H21N5/c1-20-28(33-27-16-17-30-19-34(20)27)23-12-14-24(15-13-23)29-31-25(21-8-4-2-5-9-21)18-26(32-29)22-10-6-3-7-11-22/h2-19H,1H3. The van der Waals surface area contributed by atoms with E-state index in [1.54, 1.807) is 12.5 Å². The molecule has 3 aromatic heterocycles. The first-order valence-corrected chi connectivity index (χ1v) is 11.2. The molecule has 0 aliphatic rings. The summed E-state index contributed by atoms with van der Waals surface area (Å²) in [6.07, 6.45) is 3.56. The van der Waals surface area contributed by atoms with Crippen LogP contribution >= 0.6 is 0 Å². The average Bonchev–Trinajstić information content (AvgIpc) is 3.26. The van der Waals surface area contributed by atoms with Crippen molar-refractivity contribution in [2.75, 3.05) is 0 Å². The van der Waals surface area contributed by atoms with Gasteiger partial charge in [-0.2, -0.15) is 0 Å². The molecule has 162 valence electrons. The zero-order chi connectivity index (χ0) is 22.9. The van der Waals surface area contributed by atoms with Gasteiger partial charge in [0, 0.05) is 34.1 Å². The Hall–Kier alpha value is -4.64. The number of rotatable bonds is 4. The lowest BCUT2D eigenvalue weighted by atomic mass is 10.1. The summed E-state index contributed by atoms with van der Waals surface area (Å²) in [5.74, 6) is 0.697. The second-order valence-electron chi connectivity index (χ2n) is 8.13. The van der Waals surface area contributed by atoms with Crippen molar-refractivity contribution in [3.8, 4) is 45.2 Å². The van der Waals surface area contributed by atoms with Gasteiger partial charge in [0.15, 0.2) is 5.82 Å². The topological polar surface area (TPSA) is 56.0 Å². The van der Waals surface area contributed by atoms with Crippen molar-refractivity contribution >= 4 is 5.65 Å². The molecule has 0 saturated heterocycles. The van der Waals surface area contributed by atoms with Crippen LogP contribution in [0.25, 0.3) is 50.8 Å². The minimum Gasteiger partial charge on any atom is -0.287 e. The normalized spacial score (nSPS) is 11.1. The summed E-state index contributed by atoms with van der Waals surface area (Å²) in [5.41, 5.74) is 8.83. The van der Waals surface area contributed by atoms with Gasteiger partial charge in [0.1, 0.15) is 12.0 Å². The average molecular weight is 440 g/mol. The molecule has 0 N–H and O–H groups in total. The second-order valence-corrected chi connectivity index (χ2v) is 8.13. The highest BCUT2D eigenvalue weighted by molar-refractivity contribution is 5.73. The molecule has 34 heavy (non-hydrogen) atoms. The van der Waals surface area contributed by atoms with Crippen molar-refractivity contribution < 1.29 is 0 Å². The summed E-state index contributed by atoms with van der Waals surface area (Å²) in [6, 6.07) is 32.7. The molecule has 0 amide bonds. The van der Waals surface area contributed by atoms with Crippen LogP contribution in [0, 0.1) is 6.92 Å². The fraction of sp³-hybridized carbons (Fsp3) is 0.0345. The van der Waals surface area contributed by atoms with Gasteiger partial charge in [0.2, 0.25) is 0 Å². The van der Waals surface area contributed by atoms with Crippen LogP contribution in [-0.4, -0.2) is 24.3 Å². The van der Waals surface area contributed by atoms with E-state index >= 15 is 0 Å². The SMILES string of the molecule is Cc1c(-c2ccc(-c3nc(-c4ccccc4)cc(-c4ccccc4)n3)cc2)nc2ccncn12. The molecule has 6 rings (SSSR count). The third kappa shape index (κ3) is 3.63. The molecule has 0 aliphatic heterocycles. The van der Waals surface area contributed by atoms with Crippen LogP contribution in [0.15, 0.2) is 110 Å². The number of aromatic nitrogens is 5. The van der Waals surface area contributed by atoms with Crippen LogP contribution in [0.3, 0.4) is 0 Å². The van der Waals surface area contributed by atoms with Gasteiger partial charge < -0.3 is 0 Å². The van der Waals surface area contributed by atoms with Crippen molar-refractivity contribution in [1.82, 2.24) is 24.3 Å². The van der Waals surface area contributed by atoms with Crippen molar-refractivity contribution in [3.63, 3.8) is 0 Å². The lowest BCUT2D eigenvalue weighted by molar-refractivity contribution is 1.04. The first kappa shape index (κ1) is 20.0. The van der Waals surface area contributed by atoms with Gasteiger partial charge in [0.05, 0.1) is 17.1 Å². The number of hydrogen-bond donors (Lipinski definition) is 0. The summed E-state index contributed by atoms with van der Waals surface area (Å²) in [4.78, 5) is 18.8. The summed E-state index contributed by atoms with van der Waals surface area (Å²) < 4.78 is 2.00. The highest BCUT2D eigenvalue weighted by Crippen LogP contribution is 2.29. The van der Waals surface area contributed by atoms with Gasteiger partial charge in [-0.1, -0.05) is 84.9 Å². The van der Waals surface area contributed by atoms with E-state index in [2.05, 4.69) is 66.5 Å². The Morgan fingerprint density at radius 1 is 0.588 bits per heavy atom. The molecule has 0 atom stereocenters. The minimum absolute atomic E-state index is 0.697. The lowest BCUT2D eigenvalue weighted by Crippen LogP contribution is -1.96. The minimum atomic E-state index is 0.697. The maximum absolute atomic E-state index is 4.92. The molecule has 0 saturated carbocycles. The van der Waals surface area contributed by atoms with E-state index in [0.717, 1.165) is 50.7 Å². The molecule has 0 spiro atoms. The molecule has 5 heteroatoms. The third-order valence-electron chi connectivity index (χ3n) is 5.95. The lowest BCUT2D eigenvalue weighted by Gasteiger charge is -2.10. The van der Waals surface area contributed by atoms with Gasteiger partial charge in [0.25, 0.3) is 0 Å². The van der Waals surface area contributed by atoms with E-state index in [1.165, 1.54) is 0 Å². The summed E-state index contributed by atoms with van der Waals surface area (Å²) in [5, 5.41) is 0. The highest BCUT2D eigenvalue weighted by atomic mass is 15.1. The number of fused-ring (bicyclic) bond motifs is 1. The molecular formula is C29H21N5. The van der Waals surface area contributed by atoms with Crippen molar-refractivity contribution in [2.24, 2.45) is 0 Å². The van der Waals surface area contributed by atoms with Crippen LogP contribution in [0.2, 0.25) is 0 Å². The molecular weight excluding hydrogens is 418 g/mol. The Balaban J connectivity index is 1.44. The molecule has 3 aromatic carbocycles. The fourth-order valence-electron chi connectivity index (χ4n) is 4.15. The van der Waals surface area contributed by atoms with Gasteiger partial charge in [-0.15, -0.1) is 0 Å². The van der Waals surface area contributed by atoms with Crippen molar-refractivity contribution in [1.29, 1.82) is 0 Å². The first-order valence-electron chi connectivity index (χ1n) is 11.2. The Morgan fingerprint density at radius 3 is 1.76 bits per heavy atom. The predicted octanol–water partition coefficient (Wildman–Crippen LogP) is 6.50. The summed E-state index contributed by atoms with van der Waals surface area (Å²) in [6.45, 7) is 2.06. The van der Waals surface area contributed by atoms with E-state index in [4.69, 9.17) is 15.0 Å². The van der Waals surface area contributed by atoms with E-state index in [1.807, 2.05) is 46.9 Å². The van der Waals surface area contributed by atoms with E-state index < -0.39 is 0 Å². The quantitative estimate of drug-likeness (QED) is 0.315. The number of imidazole rings is 1. The summed E-state index contributed by atoms with van der Waals surface area (Å²) >= 11 is 0. The van der Waals surface area contributed by atoms with Crippen LogP contribution in [0.4, 0.5) is 0 Å². The second kappa shape index (κ2) is 8.37. The Morgan fingerprint density at radius 2 is 1.18 bits per heavy atom. The van der Waals surface area contributed by atoms with E-state index in [9.17, 15) is 0 Å². The van der Waals surface area contributed by atoms with Crippen LogP contribution in [0.1, 0.15) is 5.69 Å². The van der Waals surface area contributed by atoms with E-state index in [0.29, 0.717) is 5.82 Å². The van der Waals surface area contributed by atoms with Gasteiger partial charge in [-0.05, 0) is 19.1 Å². The third-order valence-corrected chi connectivity index (χ3v) is 5.95. The van der Waals surface area contributed by atoms with Gasteiger partial charge in [-0.25, -0.2) is 19.9 Å². The van der Waals surface area contributed by atoms with Crippen LogP contribution in [-0.2, 0) is 0 Å². The van der Waals surface area contributed by atoms with Crippen LogP contribution in [0.5, 0.6) is 0 Å². The smallest absolute Gasteiger partial charge is 0.160 e. The molecule has 0 aliphatic carbocycles. The first-order chi connectivity index (χ1) is 16.8. The molecule has 6 aromatic rings. The molecule has 0 unspecified atom stereocenters. The number of nitrogens with zero attached hydrogens (tertiary/aromatic N) is 5. The molecule has 0 fully saturated rings. The Labute approximate surface area is 197 Å².